The molecule has 2 aromatic carbocycles. The van der Waals surface area contributed by atoms with E-state index in [1.807, 2.05) is 42.5 Å². The molecule has 0 amide bonds. The van der Waals surface area contributed by atoms with Gasteiger partial charge in [-0.05, 0) is 46.6 Å². The molecule has 1 unspecified atom stereocenters. The Hall–Kier alpha value is -1.52. The summed E-state index contributed by atoms with van der Waals surface area (Å²) < 4.78 is 6.15. The number of hydrogen-bond donors (Lipinski definition) is 2. The largest absolute Gasteiger partial charge is 0.496 e. The molecule has 2 aromatic rings. The van der Waals surface area contributed by atoms with Gasteiger partial charge in [0.15, 0.2) is 0 Å². The molecule has 0 bridgehead atoms. The van der Waals surface area contributed by atoms with E-state index in [1.165, 1.54) is 0 Å². The van der Waals surface area contributed by atoms with E-state index < -0.39 is 6.10 Å². The minimum absolute atomic E-state index is 0.485. The van der Waals surface area contributed by atoms with E-state index in [0.29, 0.717) is 6.54 Å². The molecule has 1 atom stereocenters. The van der Waals surface area contributed by atoms with Crippen LogP contribution < -0.4 is 10.1 Å². The molecule has 0 saturated heterocycles. The Morgan fingerprint density at radius 1 is 1.25 bits per heavy atom. The van der Waals surface area contributed by atoms with Gasteiger partial charge in [-0.2, -0.15) is 0 Å². The molecule has 0 aromatic heterocycles. The summed E-state index contributed by atoms with van der Waals surface area (Å²) in [5.74, 6) is 0.818. The highest BCUT2D eigenvalue weighted by Gasteiger charge is 2.07. The van der Waals surface area contributed by atoms with Gasteiger partial charge < -0.3 is 15.2 Å². The number of ether oxygens (including phenoxy) is 1. The molecule has 20 heavy (non-hydrogen) atoms. The number of aliphatic hydroxyl groups excluding tert-OH is 1. The zero-order valence-corrected chi connectivity index (χ0v) is 13.1. The summed E-state index contributed by atoms with van der Waals surface area (Å²) in [5.41, 5.74) is 2.99. The third-order valence-corrected chi connectivity index (χ3v) is 3.73. The average molecular weight is 336 g/mol. The molecule has 0 spiro atoms. The van der Waals surface area contributed by atoms with Crippen molar-refractivity contribution in [2.75, 3.05) is 12.4 Å². The number of anilines is 1. The van der Waals surface area contributed by atoms with Crippen molar-refractivity contribution in [3.05, 3.63) is 58.1 Å². The third kappa shape index (κ3) is 3.52. The second-order valence-electron chi connectivity index (χ2n) is 4.59. The van der Waals surface area contributed by atoms with Crippen molar-refractivity contribution < 1.29 is 9.84 Å². The fourth-order valence-corrected chi connectivity index (χ4v) is 2.63. The maximum atomic E-state index is 9.75. The summed E-state index contributed by atoms with van der Waals surface area (Å²) in [6, 6.07) is 13.8. The van der Waals surface area contributed by atoms with Crippen LogP contribution in [0.3, 0.4) is 0 Å². The monoisotopic (exact) mass is 335 g/mol. The van der Waals surface area contributed by atoms with Gasteiger partial charge in [-0.3, -0.25) is 0 Å². The van der Waals surface area contributed by atoms with Gasteiger partial charge in [-0.1, -0.05) is 24.3 Å². The number of para-hydroxylation sites is 1. The first-order valence-corrected chi connectivity index (χ1v) is 7.24. The summed E-state index contributed by atoms with van der Waals surface area (Å²) in [6.45, 7) is 2.46. The van der Waals surface area contributed by atoms with Crippen LogP contribution >= 0.6 is 15.9 Å². The first-order chi connectivity index (χ1) is 9.61. The van der Waals surface area contributed by atoms with Crippen molar-refractivity contribution >= 4 is 21.6 Å². The quantitative estimate of drug-likeness (QED) is 0.863. The van der Waals surface area contributed by atoms with E-state index in [9.17, 15) is 5.11 Å². The van der Waals surface area contributed by atoms with Crippen LogP contribution in [0.1, 0.15) is 24.2 Å². The molecule has 4 heteroatoms. The van der Waals surface area contributed by atoms with Crippen molar-refractivity contribution in [3.63, 3.8) is 0 Å². The van der Waals surface area contributed by atoms with Gasteiger partial charge in [-0.25, -0.2) is 0 Å². The van der Waals surface area contributed by atoms with Gasteiger partial charge in [0, 0.05) is 17.8 Å². The number of benzene rings is 2. The zero-order valence-electron chi connectivity index (χ0n) is 11.6. The van der Waals surface area contributed by atoms with Crippen molar-refractivity contribution in [3.8, 4) is 5.75 Å². The Morgan fingerprint density at radius 3 is 2.65 bits per heavy atom. The molecule has 106 valence electrons. The molecular formula is C16H18BrNO2. The van der Waals surface area contributed by atoms with Gasteiger partial charge in [0.2, 0.25) is 0 Å². The zero-order chi connectivity index (χ0) is 14.5. The van der Waals surface area contributed by atoms with E-state index in [2.05, 4.69) is 21.2 Å². The smallest absolute Gasteiger partial charge is 0.133 e. The van der Waals surface area contributed by atoms with E-state index >= 15 is 0 Å². The molecular weight excluding hydrogens is 318 g/mol. The number of aliphatic hydroxyl groups is 1. The topological polar surface area (TPSA) is 41.5 Å². The summed E-state index contributed by atoms with van der Waals surface area (Å²) in [7, 11) is 1.65. The van der Waals surface area contributed by atoms with Crippen LogP contribution in [0.2, 0.25) is 0 Å². The van der Waals surface area contributed by atoms with Gasteiger partial charge in [0.1, 0.15) is 5.75 Å². The molecule has 2 rings (SSSR count). The Kier molecular flexibility index (Phi) is 5.04. The Bertz CT molecular complexity index is 584. The van der Waals surface area contributed by atoms with E-state index in [4.69, 9.17) is 4.74 Å². The predicted octanol–water partition coefficient (Wildman–Crippen LogP) is 4.12. The molecule has 2 N–H and O–H groups in total. The maximum Gasteiger partial charge on any atom is 0.133 e. The van der Waals surface area contributed by atoms with Crippen LogP contribution in [0.4, 0.5) is 5.69 Å². The normalized spacial score (nSPS) is 12.0. The van der Waals surface area contributed by atoms with Crippen molar-refractivity contribution in [2.24, 2.45) is 0 Å². The standard InChI is InChI=1S/C16H18BrNO2/c1-11(19)13-5-3-4-6-15(13)18-10-12-7-8-16(20-2)14(17)9-12/h3-9,11,18-19H,10H2,1-2H3. The van der Waals surface area contributed by atoms with Crippen LogP contribution in [-0.4, -0.2) is 12.2 Å². The first-order valence-electron chi connectivity index (χ1n) is 6.45. The lowest BCUT2D eigenvalue weighted by Gasteiger charge is -2.14. The maximum absolute atomic E-state index is 9.75. The van der Waals surface area contributed by atoms with Gasteiger partial charge in [-0.15, -0.1) is 0 Å². The molecule has 0 radical (unpaired) electrons. The number of hydrogen-bond acceptors (Lipinski definition) is 3. The van der Waals surface area contributed by atoms with Crippen LogP contribution in [0.25, 0.3) is 0 Å². The SMILES string of the molecule is COc1ccc(CNc2ccccc2C(C)O)cc1Br. The van der Waals surface area contributed by atoms with Crippen LogP contribution in [0, 0.1) is 0 Å². The summed E-state index contributed by atoms with van der Waals surface area (Å²) >= 11 is 3.48. The average Bonchev–Trinajstić information content (AvgIpc) is 2.45. The predicted molar refractivity (Wildman–Crippen MR) is 85.1 cm³/mol. The fourth-order valence-electron chi connectivity index (χ4n) is 2.04. The first kappa shape index (κ1) is 14.9. The molecule has 3 nitrogen and oxygen atoms in total. The number of methoxy groups -OCH3 is 1. The molecule has 0 heterocycles. The minimum atomic E-state index is -0.485. The van der Waals surface area contributed by atoms with Gasteiger partial charge in [0.05, 0.1) is 17.7 Å². The number of halogens is 1. The van der Waals surface area contributed by atoms with Gasteiger partial charge in [0.25, 0.3) is 0 Å². The number of nitrogens with one attached hydrogen (secondary N) is 1. The van der Waals surface area contributed by atoms with Crippen LogP contribution in [0.15, 0.2) is 46.9 Å². The molecule has 0 saturated carbocycles. The minimum Gasteiger partial charge on any atom is -0.496 e. The summed E-state index contributed by atoms with van der Waals surface area (Å²) in [5, 5.41) is 13.1. The second kappa shape index (κ2) is 6.77. The van der Waals surface area contributed by atoms with Crippen LogP contribution in [0.5, 0.6) is 5.75 Å². The van der Waals surface area contributed by atoms with E-state index in [0.717, 1.165) is 27.0 Å². The summed E-state index contributed by atoms with van der Waals surface area (Å²) in [6.07, 6.45) is -0.485. The molecule has 0 aliphatic carbocycles. The Labute approximate surface area is 127 Å². The van der Waals surface area contributed by atoms with E-state index in [-0.39, 0.29) is 0 Å². The van der Waals surface area contributed by atoms with Crippen LogP contribution in [-0.2, 0) is 6.54 Å². The van der Waals surface area contributed by atoms with Crippen molar-refractivity contribution in [2.45, 2.75) is 19.6 Å². The fraction of sp³-hybridized carbons (Fsp3) is 0.250. The second-order valence-corrected chi connectivity index (χ2v) is 5.44. The van der Waals surface area contributed by atoms with Crippen molar-refractivity contribution in [1.29, 1.82) is 0 Å². The highest BCUT2D eigenvalue weighted by molar-refractivity contribution is 9.10. The molecule has 0 aliphatic heterocycles. The van der Waals surface area contributed by atoms with Gasteiger partial charge >= 0.3 is 0 Å². The Balaban J connectivity index is 2.11. The summed E-state index contributed by atoms with van der Waals surface area (Å²) in [4.78, 5) is 0. The van der Waals surface area contributed by atoms with Crippen molar-refractivity contribution in [1.82, 2.24) is 0 Å². The third-order valence-electron chi connectivity index (χ3n) is 3.11. The highest BCUT2D eigenvalue weighted by Crippen LogP contribution is 2.27. The Morgan fingerprint density at radius 2 is 2.00 bits per heavy atom. The number of rotatable bonds is 5. The lowest BCUT2D eigenvalue weighted by molar-refractivity contribution is 0.200. The highest BCUT2D eigenvalue weighted by atomic mass is 79.9. The molecule has 0 fully saturated rings. The van der Waals surface area contributed by atoms with E-state index in [1.54, 1.807) is 14.0 Å². The lowest BCUT2D eigenvalue weighted by atomic mass is 10.1. The lowest BCUT2D eigenvalue weighted by Crippen LogP contribution is -2.04. The molecule has 0 aliphatic rings.